The fourth-order valence-corrected chi connectivity index (χ4v) is 2.90. The van der Waals surface area contributed by atoms with Gasteiger partial charge in [-0.05, 0) is 37.0 Å². The van der Waals surface area contributed by atoms with Crippen LogP contribution >= 0.6 is 0 Å². The van der Waals surface area contributed by atoms with Gasteiger partial charge in [0.15, 0.2) is 5.76 Å². The van der Waals surface area contributed by atoms with E-state index in [1.54, 1.807) is 12.4 Å². The molecule has 2 heterocycles. The first-order chi connectivity index (χ1) is 12.7. The molecule has 0 amide bonds. The molecule has 0 bridgehead atoms. The Balaban J connectivity index is 1.42. The first-order valence-electron chi connectivity index (χ1n) is 8.99. The number of pyridine rings is 1. The molecule has 2 atom stereocenters. The highest BCUT2D eigenvalue weighted by molar-refractivity contribution is 5.49. The molecule has 0 radical (unpaired) electrons. The third kappa shape index (κ3) is 5.25. The molecule has 5 heteroatoms. The summed E-state index contributed by atoms with van der Waals surface area (Å²) in [6, 6.07) is 15.8. The molecule has 1 aromatic carbocycles. The van der Waals surface area contributed by atoms with Crippen molar-refractivity contribution in [3.8, 4) is 11.5 Å². The van der Waals surface area contributed by atoms with Crippen molar-refractivity contribution >= 4 is 0 Å². The molecular formula is C21H24N2O3. The zero-order chi connectivity index (χ0) is 18.2. The second-order valence-electron chi connectivity index (χ2n) is 6.41. The van der Waals surface area contributed by atoms with Crippen molar-refractivity contribution < 1.29 is 14.6 Å². The molecule has 2 aromatic heterocycles. The Hall–Kier alpha value is -2.50. The minimum atomic E-state index is -0.920. The lowest BCUT2D eigenvalue weighted by Gasteiger charge is -2.13. The number of unbranched alkanes of at least 4 members (excludes halogenated alkanes) is 1. The van der Waals surface area contributed by atoms with Crippen LogP contribution in [0.3, 0.4) is 0 Å². The normalized spacial score (nSPS) is 13.5. The summed E-state index contributed by atoms with van der Waals surface area (Å²) in [6.07, 6.45) is 5.52. The predicted molar refractivity (Wildman–Crippen MR) is 99.3 cm³/mol. The number of aliphatic hydroxyl groups excluding tert-OH is 2. The second kappa shape index (κ2) is 9.27. The maximum atomic E-state index is 10.2. The molecule has 0 fully saturated rings. The molecule has 2 unspecified atom stereocenters. The molecule has 0 saturated heterocycles. The standard InChI is InChI=1S/C21H24N2O3/c24-17(11-5-4-10-16-8-2-1-3-9-16)14-19(25)21-23-15-20(26-21)18-12-6-7-13-22-18/h1-3,6-9,12-13,15,17,19,24-25H,4-5,10-11,14H2. The lowest BCUT2D eigenvalue weighted by Crippen LogP contribution is -2.12. The molecular weight excluding hydrogens is 328 g/mol. The Morgan fingerprint density at radius 3 is 2.50 bits per heavy atom. The van der Waals surface area contributed by atoms with Gasteiger partial charge in [-0.1, -0.05) is 42.8 Å². The van der Waals surface area contributed by atoms with E-state index >= 15 is 0 Å². The number of nitrogens with zero attached hydrogens (tertiary/aromatic N) is 2. The van der Waals surface area contributed by atoms with Crippen LogP contribution in [0.15, 0.2) is 65.3 Å². The van der Waals surface area contributed by atoms with Crippen molar-refractivity contribution in [2.75, 3.05) is 0 Å². The zero-order valence-electron chi connectivity index (χ0n) is 14.7. The summed E-state index contributed by atoms with van der Waals surface area (Å²) in [5.41, 5.74) is 1.98. The number of oxazole rings is 1. The fourth-order valence-electron chi connectivity index (χ4n) is 2.90. The van der Waals surface area contributed by atoms with Crippen molar-refractivity contribution in [3.63, 3.8) is 0 Å². The number of benzene rings is 1. The average molecular weight is 352 g/mol. The molecule has 5 nitrogen and oxygen atoms in total. The SMILES string of the molecule is OC(CCCCc1ccccc1)CC(O)c1ncc(-c2ccccn2)o1. The number of aromatic nitrogens is 2. The molecule has 3 aromatic rings. The summed E-state index contributed by atoms with van der Waals surface area (Å²) in [7, 11) is 0. The Morgan fingerprint density at radius 2 is 1.73 bits per heavy atom. The van der Waals surface area contributed by atoms with Crippen LogP contribution in [-0.4, -0.2) is 26.3 Å². The first-order valence-corrected chi connectivity index (χ1v) is 8.99. The fraction of sp³-hybridized carbons (Fsp3) is 0.333. The topological polar surface area (TPSA) is 79.4 Å². The van der Waals surface area contributed by atoms with Gasteiger partial charge in [0.05, 0.1) is 12.3 Å². The number of hydrogen-bond acceptors (Lipinski definition) is 5. The van der Waals surface area contributed by atoms with Crippen LogP contribution in [0.4, 0.5) is 0 Å². The van der Waals surface area contributed by atoms with Gasteiger partial charge < -0.3 is 14.6 Å². The molecule has 0 aliphatic carbocycles. The molecule has 0 aliphatic heterocycles. The first kappa shape index (κ1) is 18.3. The predicted octanol–water partition coefficient (Wildman–Crippen LogP) is 3.93. The third-order valence-corrected chi connectivity index (χ3v) is 4.32. The van der Waals surface area contributed by atoms with Crippen molar-refractivity contribution in [1.82, 2.24) is 9.97 Å². The molecule has 26 heavy (non-hydrogen) atoms. The minimum absolute atomic E-state index is 0.216. The van der Waals surface area contributed by atoms with Crippen LogP contribution < -0.4 is 0 Å². The minimum Gasteiger partial charge on any atom is -0.436 e. The van der Waals surface area contributed by atoms with Crippen LogP contribution in [0.25, 0.3) is 11.5 Å². The summed E-state index contributed by atoms with van der Waals surface area (Å²) >= 11 is 0. The number of aryl methyl sites for hydroxylation is 1. The smallest absolute Gasteiger partial charge is 0.223 e. The van der Waals surface area contributed by atoms with Crippen LogP contribution in [-0.2, 0) is 6.42 Å². The lowest BCUT2D eigenvalue weighted by atomic mass is 10.0. The molecule has 136 valence electrons. The Kier molecular flexibility index (Phi) is 6.52. The zero-order valence-corrected chi connectivity index (χ0v) is 14.7. The van der Waals surface area contributed by atoms with Crippen molar-refractivity contribution in [3.05, 3.63) is 72.4 Å². The Labute approximate surface area is 153 Å². The van der Waals surface area contributed by atoms with E-state index in [2.05, 4.69) is 22.1 Å². The van der Waals surface area contributed by atoms with Gasteiger partial charge in [-0.2, -0.15) is 0 Å². The lowest BCUT2D eigenvalue weighted by molar-refractivity contribution is 0.0591. The van der Waals surface area contributed by atoms with E-state index < -0.39 is 12.2 Å². The number of rotatable bonds is 9. The highest BCUT2D eigenvalue weighted by Crippen LogP contribution is 2.24. The van der Waals surface area contributed by atoms with E-state index in [1.807, 2.05) is 36.4 Å². The van der Waals surface area contributed by atoms with Gasteiger partial charge in [0.25, 0.3) is 0 Å². The van der Waals surface area contributed by atoms with E-state index in [0.29, 0.717) is 17.9 Å². The summed E-state index contributed by atoms with van der Waals surface area (Å²) in [6.45, 7) is 0. The summed E-state index contributed by atoms with van der Waals surface area (Å²) in [5, 5.41) is 20.4. The van der Waals surface area contributed by atoms with Crippen molar-refractivity contribution in [2.45, 2.75) is 44.3 Å². The van der Waals surface area contributed by atoms with Gasteiger partial charge in [0.2, 0.25) is 5.89 Å². The number of hydrogen-bond donors (Lipinski definition) is 2. The summed E-state index contributed by atoms with van der Waals surface area (Å²) in [4.78, 5) is 8.31. The molecule has 2 N–H and O–H groups in total. The quantitative estimate of drug-likeness (QED) is 0.570. The highest BCUT2D eigenvalue weighted by atomic mass is 16.4. The van der Waals surface area contributed by atoms with Crippen LogP contribution in [0.2, 0.25) is 0 Å². The number of aliphatic hydroxyl groups is 2. The van der Waals surface area contributed by atoms with Crippen LogP contribution in [0, 0.1) is 0 Å². The van der Waals surface area contributed by atoms with Gasteiger partial charge in [-0.15, -0.1) is 0 Å². The summed E-state index contributed by atoms with van der Waals surface area (Å²) in [5.74, 6) is 0.728. The van der Waals surface area contributed by atoms with E-state index in [4.69, 9.17) is 4.42 Å². The van der Waals surface area contributed by atoms with Gasteiger partial charge >= 0.3 is 0 Å². The van der Waals surface area contributed by atoms with Gasteiger partial charge in [0, 0.05) is 12.6 Å². The molecule has 0 saturated carbocycles. The highest BCUT2D eigenvalue weighted by Gasteiger charge is 2.19. The average Bonchev–Trinajstić information content (AvgIpc) is 3.17. The molecule has 0 spiro atoms. The molecule has 3 rings (SSSR count). The van der Waals surface area contributed by atoms with Gasteiger partial charge in [-0.3, -0.25) is 4.98 Å². The van der Waals surface area contributed by atoms with Crippen LogP contribution in [0.5, 0.6) is 0 Å². The Bertz CT molecular complexity index is 774. The Morgan fingerprint density at radius 1 is 0.923 bits per heavy atom. The van der Waals surface area contributed by atoms with Crippen LogP contribution in [0.1, 0.15) is 43.2 Å². The van der Waals surface area contributed by atoms with Gasteiger partial charge in [0.1, 0.15) is 11.8 Å². The third-order valence-electron chi connectivity index (χ3n) is 4.32. The van der Waals surface area contributed by atoms with E-state index in [-0.39, 0.29) is 12.3 Å². The van der Waals surface area contributed by atoms with Gasteiger partial charge in [-0.25, -0.2) is 4.98 Å². The largest absolute Gasteiger partial charge is 0.436 e. The maximum Gasteiger partial charge on any atom is 0.223 e. The second-order valence-corrected chi connectivity index (χ2v) is 6.41. The van der Waals surface area contributed by atoms with Crippen molar-refractivity contribution in [1.29, 1.82) is 0 Å². The van der Waals surface area contributed by atoms with E-state index in [1.165, 1.54) is 5.56 Å². The van der Waals surface area contributed by atoms with E-state index in [0.717, 1.165) is 19.3 Å². The van der Waals surface area contributed by atoms with E-state index in [9.17, 15) is 10.2 Å². The van der Waals surface area contributed by atoms with Crippen molar-refractivity contribution in [2.24, 2.45) is 0 Å². The summed E-state index contributed by atoms with van der Waals surface area (Å²) < 4.78 is 5.58. The maximum absolute atomic E-state index is 10.2. The monoisotopic (exact) mass is 352 g/mol. The molecule has 0 aliphatic rings.